The summed E-state index contributed by atoms with van der Waals surface area (Å²) in [6.07, 6.45) is 3.19. The highest BCUT2D eigenvalue weighted by Crippen LogP contribution is 2.21. The van der Waals surface area contributed by atoms with Gasteiger partial charge in [0.15, 0.2) is 0 Å². The minimum absolute atomic E-state index is 0.198. The fourth-order valence-corrected chi connectivity index (χ4v) is 3.27. The van der Waals surface area contributed by atoms with Crippen molar-refractivity contribution >= 4 is 11.9 Å². The number of hydrogen-bond donors (Lipinski definition) is 1. The van der Waals surface area contributed by atoms with Crippen LogP contribution in [0.2, 0.25) is 0 Å². The topological polar surface area (TPSA) is 82.5 Å². The number of carboxylic acid groups (broad SMARTS) is 1. The molecule has 0 spiro atoms. The molecule has 1 fully saturated rings. The third-order valence-electron chi connectivity index (χ3n) is 4.54. The van der Waals surface area contributed by atoms with Crippen molar-refractivity contribution in [1.82, 2.24) is 19.9 Å². The van der Waals surface area contributed by atoms with Gasteiger partial charge in [-0.25, -0.2) is 14.8 Å². The van der Waals surface area contributed by atoms with Crippen molar-refractivity contribution in [3.8, 4) is 11.4 Å². The van der Waals surface area contributed by atoms with Gasteiger partial charge >= 0.3 is 5.97 Å². The lowest BCUT2D eigenvalue weighted by atomic mass is 10.1. The maximum atomic E-state index is 11.1. The molecule has 0 amide bonds. The Labute approximate surface area is 147 Å². The van der Waals surface area contributed by atoms with Crippen LogP contribution in [0.3, 0.4) is 0 Å². The number of aromatic nitrogens is 3. The molecule has 1 atom stereocenters. The molecule has 1 aliphatic rings. The molecule has 3 heterocycles. The number of pyridine rings is 1. The van der Waals surface area contributed by atoms with E-state index in [1.165, 1.54) is 18.3 Å². The molecule has 132 valence electrons. The lowest BCUT2D eigenvalue weighted by Gasteiger charge is -2.42. The monoisotopic (exact) mass is 341 g/mol. The van der Waals surface area contributed by atoms with E-state index in [4.69, 9.17) is 5.11 Å². The van der Waals surface area contributed by atoms with Crippen LogP contribution in [-0.2, 0) is 0 Å². The quantitative estimate of drug-likeness (QED) is 0.912. The van der Waals surface area contributed by atoms with Crippen molar-refractivity contribution in [3.63, 3.8) is 0 Å². The average Bonchev–Trinajstić information content (AvgIpc) is 2.61. The number of carbonyl (C=O) groups is 1. The second-order valence-corrected chi connectivity index (χ2v) is 6.60. The van der Waals surface area contributed by atoms with Crippen LogP contribution in [-0.4, -0.2) is 62.6 Å². The zero-order valence-corrected chi connectivity index (χ0v) is 14.8. The Morgan fingerprint density at radius 1 is 1.20 bits per heavy atom. The van der Waals surface area contributed by atoms with Gasteiger partial charge in [0.25, 0.3) is 0 Å². The predicted octanol–water partition coefficient (Wildman–Crippen LogP) is 2.16. The molecule has 25 heavy (non-hydrogen) atoms. The Hall–Kier alpha value is -2.54. The summed E-state index contributed by atoms with van der Waals surface area (Å²) >= 11 is 0. The molecular weight excluding hydrogens is 318 g/mol. The van der Waals surface area contributed by atoms with Crippen LogP contribution in [0.25, 0.3) is 11.4 Å². The van der Waals surface area contributed by atoms with E-state index in [0.717, 1.165) is 19.6 Å². The smallest absolute Gasteiger partial charge is 0.335 e. The zero-order chi connectivity index (χ0) is 18.0. The van der Waals surface area contributed by atoms with Crippen LogP contribution in [0.5, 0.6) is 0 Å². The number of rotatable bonds is 4. The molecule has 2 aromatic rings. The van der Waals surface area contributed by atoms with Crippen molar-refractivity contribution in [2.75, 3.05) is 24.5 Å². The second kappa shape index (κ2) is 7.14. The van der Waals surface area contributed by atoms with Gasteiger partial charge in [0, 0.05) is 44.1 Å². The van der Waals surface area contributed by atoms with E-state index >= 15 is 0 Å². The summed E-state index contributed by atoms with van der Waals surface area (Å²) in [5, 5.41) is 9.14. The lowest BCUT2D eigenvalue weighted by Crippen LogP contribution is -2.54. The van der Waals surface area contributed by atoms with Gasteiger partial charge in [0.1, 0.15) is 0 Å². The summed E-state index contributed by atoms with van der Waals surface area (Å²) in [4.78, 5) is 29.1. The van der Waals surface area contributed by atoms with Gasteiger partial charge in [0.05, 0.1) is 17.0 Å². The van der Waals surface area contributed by atoms with Crippen molar-refractivity contribution in [1.29, 1.82) is 0 Å². The van der Waals surface area contributed by atoms with Crippen molar-refractivity contribution < 1.29 is 9.90 Å². The number of anilines is 1. The lowest BCUT2D eigenvalue weighted by molar-refractivity contribution is 0.0697. The van der Waals surface area contributed by atoms with E-state index in [9.17, 15) is 4.79 Å². The first kappa shape index (κ1) is 17.3. The number of aromatic carboxylic acids is 1. The first-order valence-corrected chi connectivity index (χ1v) is 8.49. The molecule has 3 rings (SSSR count). The van der Waals surface area contributed by atoms with Crippen LogP contribution in [0.4, 0.5) is 5.95 Å². The highest BCUT2D eigenvalue weighted by Gasteiger charge is 2.26. The maximum absolute atomic E-state index is 11.1. The molecule has 1 unspecified atom stereocenters. The van der Waals surface area contributed by atoms with Gasteiger partial charge in [-0.05, 0) is 39.0 Å². The van der Waals surface area contributed by atoms with Crippen LogP contribution in [0.1, 0.15) is 31.1 Å². The summed E-state index contributed by atoms with van der Waals surface area (Å²) < 4.78 is 0. The van der Waals surface area contributed by atoms with Crippen LogP contribution >= 0.6 is 0 Å². The second-order valence-electron chi connectivity index (χ2n) is 6.60. The Morgan fingerprint density at radius 2 is 1.96 bits per heavy atom. The summed E-state index contributed by atoms with van der Waals surface area (Å²) in [6.45, 7) is 9.35. The highest BCUT2D eigenvalue weighted by molar-refractivity contribution is 5.88. The normalized spacial score (nSPS) is 18.6. The van der Waals surface area contributed by atoms with Gasteiger partial charge < -0.3 is 10.0 Å². The fourth-order valence-electron chi connectivity index (χ4n) is 3.27. The van der Waals surface area contributed by atoms with Gasteiger partial charge in [-0.3, -0.25) is 9.88 Å². The zero-order valence-electron chi connectivity index (χ0n) is 14.8. The molecule has 0 aliphatic carbocycles. The average molecular weight is 341 g/mol. The summed E-state index contributed by atoms with van der Waals surface area (Å²) in [6, 6.07) is 5.71. The molecule has 1 N–H and O–H groups in total. The molecule has 1 aliphatic heterocycles. The minimum atomic E-state index is -0.975. The standard InChI is InChI=1S/C18H23N5O2/c1-12(2)23-9-8-22(11-13(23)3)18-20-7-5-15(21-18)16-10-14(17(24)25)4-6-19-16/h4-7,10,12-13H,8-9,11H2,1-3H3,(H,24,25). The summed E-state index contributed by atoms with van der Waals surface area (Å²) in [5.74, 6) is -0.313. The molecule has 1 saturated heterocycles. The summed E-state index contributed by atoms with van der Waals surface area (Å²) in [5.41, 5.74) is 1.37. The Bertz CT molecular complexity index is 765. The van der Waals surface area contributed by atoms with E-state index in [2.05, 4.69) is 45.5 Å². The predicted molar refractivity (Wildman–Crippen MR) is 95.7 cm³/mol. The third kappa shape index (κ3) is 3.76. The molecule has 0 aromatic carbocycles. The third-order valence-corrected chi connectivity index (χ3v) is 4.54. The largest absolute Gasteiger partial charge is 0.478 e. The molecule has 0 saturated carbocycles. The number of hydrogen-bond acceptors (Lipinski definition) is 6. The van der Waals surface area contributed by atoms with Crippen LogP contribution in [0, 0.1) is 0 Å². The SMILES string of the molecule is CC(C)N1CCN(c2nccc(-c3cc(C(=O)O)ccn3)n2)CC1C. The van der Waals surface area contributed by atoms with E-state index < -0.39 is 5.97 Å². The van der Waals surface area contributed by atoms with Crippen molar-refractivity contribution in [3.05, 3.63) is 36.2 Å². The van der Waals surface area contributed by atoms with E-state index in [1.807, 2.05) is 0 Å². The number of piperazine rings is 1. The Kier molecular flexibility index (Phi) is 4.94. The fraction of sp³-hybridized carbons (Fsp3) is 0.444. The molecule has 0 radical (unpaired) electrons. The minimum Gasteiger partial charge on any atom is -0.478 e. The van der Waals surface area contributed by atoms with Gasteiger partial charge in [-0.1, -0.05) is 0 Å². The molecular formula is C18H23N5O2. The van der Waals surface area contributed by atoms with Gasteiger partial charge in [0.2, 0.25) is 5.95 Å². The van der Waals surface area contributed by atoms with E-state index in [-0.39, 0.29) is 5.56 Å². The van der Waals surface area contributed by atoms with Gasteiger partial charge in [-0.15, -0.1) is 0 Å². The molecule has 2 aromatic heterocycles. The number of carboxylic acids is 1. The van der Waals surface area contributed by atoms with Crippen LogP contribution in [0.15, 0.2) is 30.6 Å². The van der Waals surface area contributed by atoms with E-state index in [0.29, 0.717) is 29.4 Å². The highest BCUT2D eigenvalue weighted by atomic mass is 16.4. The first-order valence-electron chi connectivity index (χ1n) is 8.49. The Balaban J connectivity index is 1.83. The first-order chi connectivity index (χ1) is 12.0. The van der Waals surface area contributed by atoms with Crippen molar-refractivity contribution in [2.24, 2.45) is 0 Å². The summed E-state index contributed by atoms with van der Waals surface area (Å²) in [7, 11) is 0. The molecule has 7 nitrogen and oxygen atoms in total. The number of nitrogens with zero attached hydrogens (tertiary/aromatic N) is 5. The van der Waals surface area contributed by atoms with Crippen molar-refractivity contribution in [2.45, 2.75) is 32.9 Å². The van der Waals surface area contributed by atoms with Crippen LogP contribution < -0.4 is 4.90 Å². The van der Waals surface area contributed by atoms with Gasteiger partial charge in [-0.2, -0.15) is 0 Å². The van der Waals surface area contributed by atoms with E-state index in [1.54, 1.807) is 12.3 Å². The Morgan fingerprint density at radius 3 is 2.64 bits per heavy atom. The molecule has 7 heteroatoms. The maximum Gasteiger partial charge on any atom is 0.335 e. The molecule has 0 bridgehead atoms.